The van der Waals surface area contributed by atoms with Crippen LogP contribution in [0.2, 0.25) is 0 Å². The van der Waals surface area contributed by atoms with E-state index >= 15 is 0 Å². The molecule has 0 spiro atoms. The second kappa shape index (κ2) is 5.25. The van der Waals surface area contributed by atoms with E-state index in [1.165, 1.54) is 12.1 Å². The van der Waals surface area contributed by atoms with Crippen molar-refractivity contribution in [3.63, 3.8) is 0 Å². The minimum atomic E-state index is -1.17. The molecule has 0 aliphatic carbocycles. The van der Waals surface area contributed by atoms with Crippen molar-refractivity contribution < 1.29 is 18.7 Å². The zero-order chi connectivity index (χ0) is 12.1. The lowest BCUT2D eigenvalue weighted by molar-refractivity contribution is 0.0691. The SMILES string of the molecule is C=C/C(F)=C\Cc1cc(C(=O)O)[nH]c1CF. The Morgan fingerprint density at radius 1 is 1.62 bits per heavy atom. The molecule has 3 nitrogen and oxygen atoms in total. The highest BCUT2D eigenvalue weighted by Crippen LogP contribution is 2.15. The van der Waals surface area contributed by atoms with E-state index in [1.807, 2.05) is 0 Å². The third kappa shape index (κ3) is 2.79. The Balaban J connectivity index is 2.94. The number of carboxylic acids is 1. The summed E-state index contributed by atoms with van der Waals surface area (Å²) >= 11 is 0. The molecule has 0 saturated carbocycles. The summed E-state index contributed by atoms with van der Waals surface area (Å²) < 4.78 is 25.3. The van der Waals surface area contributed by atoms with Gasteiger partial charge in [0.05, 0.1) is 5.69 Å². The van der Waals surface area contributed by atoms with E-state index in [2.05, 4.69) is 11.6 Å². The first kappa shape index (κ1) is 12.2. The van der Waals surface area contributed by atoms with Crippen molar-refractivity contribution in [2.45, 2.75) is 13.1 Å². The topological polar surface area (TPSA) is 53.1 Å². The van der Waals surface area contributed by atoms with Gasteiger partial charge < -0.3 is 10.1 Å². The van der Waals surface area contributed by atoms with Gasteiger partial charge in [0.25, 0.3) is 0 Å². The highest BCUT2D eigenvalue weighted by atomic mass is 19.1. The molecule has 0 fully saturated rings. The molecule has 2 N–H and O–H groups in total. The Morgan fingerprint density at radius 3 is 2.81 bits per heavy atom. The quantitative estimate of drug-likeness (QED) is 0.760. The third-order valence-electron chi connectivity index (χ3n) is 2.07. The lowest BCUT2D eigenvalue weighted by Gasteiger charge is -1.94. The molecule has 1 aromatic heterocycles. The number of alkyl halides is 1. The second-order valence-electron chi connectivity index (χ2n) is 3.12. The summed E-state index contributed by atoms with van der Waals surface area (Å²) in [6, 6.07) is 1.30. The molecule has 0 unspecified atom stereocenters. The van der Waals surface area contributed by atoms with Gasteiger partial charge >= 0.3 is 5.97 Å². The molecule has 0 bridgehead atoms. The summed E-state index contributed by atoms with van der Waals surface area (Å²) in [5.74, 6) is -1.70. The van der Waals surface area contributed by atoms with Gasteiger partial charge in [0.15, 0.2) is 0 Å². The molecule has 0 aliphatic rings. The standard InChI is InChI=1S/C11H11F2NO2/c1-2-8(13)4-3-7-5-9(11(15)16)14-10(7)6-12/h2,4-5,14H,1,3,6H2,(H,15,16)/b8-4+. The Kier molecular flexibility index (Phi) is 3.99. The molecule has 0 aromatic carbocycles. The lowest BCUT2D eigenvalue weighted by Crippen LogP contribution is -1.95. The molecule has 1 aromatic rings. The maximum atomic E-state index is 12.7. The van der Waals surface area contributed by atoms with Crippen LogP contribution in [-0.4, -0.2) is 16.1 Å². The van der Waals surface area contributed by atoms with Gasteiger partial charge in [-0.1, -0.05) is 6.58 Å². The molecule has 0 saturated heterocycles. The van der Waals surface area contributed by atoms with Crippen LogP contribution in [0.15, 0.2) is 30.6 Å². The van der Waals surface area contributed by atoms with E-state index in [9.17, 15) is 13.6 Å². The maximum Gasteiger partial charge on any atom is 0.352 e. The normalized spacial score (nSPS) is 11.5. The number of rotatable bonds is 5. The van der Waals surface area contributed by atoms with Crippen LogP contribution in [0.5, 0.6) is 0 Å². The fourth-order valence-corrected chi connectivity index (χ4v) is 1.25. The van der Waals surface area contributed by atoms with E-state index in [-0.39, 0.29) is 17.8 Å². The number of allylic oxidation sites excluding steroid dienone is 3. The number of carbonyl (C=O) groups is 1. The molecule has 5 heteroatoms. The summed E-state index contributed by atoms with van der Waals surface area (Å²) in [7, 11) is 0. The highest BCUT2D eigenvalue weighted by molar-refractivity contribution is 5.86. The molecule has 1 heterocycles. The van der Waals surface area contributed by atoms with E-state index in [0.29, 0.717) is 5.56 Å². The molecule has 1 rings (SSSR count). The third-order valence-corrected chi connectivity index (χ3v) is 2.07. The Morgan fingerprint density at radius 2 is 2.31 bits per heavy atom. The summed E-state index contributed by atoms with van der Waals surface area (Å²) in [4.78, 5) is 13.0. The number of hydrogen-bond acceptors (Lipinski definition) is 1. The first-order valence-corrected chi connectivity index (χ1v) is 4.56. The summed E-state index contributed by atoms with van der Waals surface area (Å²) in [5, 5.41) is 8.68. The fourth-order valence-electron chi connectivity index (χ4n) is 1.25. The minimum absolute atomic E-state index is 0.102. The maximum absolute atomic E-state index is 12.7. The number of H-pyrrole nitrogens is 1. The number of aromatic amines is 1. The molecule has 0 aliphatic heterocycles. The first-order valence-electron chi connectivity index (χ1n) is 4.56. The monoisotopic (exact) mass is 227 g/mol. The van der Waals surface area contributed by atoms with Crippen LogP contribution in [0.4, 0.5) is 8.78 Å². The predicted octanol–water partition coefficient (Wildman–Crippen LogP) is 2.76. The highest BCUT2D eigenvalue weighted by Gasteiger charge is 2.11. The van der Waals surface area contributed by atoms with Crippen LogP contribution in [0, 0.1) is 0 Å². The molecular formula is C11H11F2NO2. The summed E-state index contributed by atoms with van der Waals surface area (Å²) in [6.45, 7) is 2.42. The van der Waals surface area contributed by atoms with Gasteiger partial charge in [-0.25, -0.2) is 13.6 Å². The molecule has 16 heavy (non-hydrogen) atoms. The van der Waals surface area contributed by atoms with E-state index in [1.54, 1.807) is 0 Å². The zero-order valence-corrected chi connectivity index (χ0v) is 8.46. The number of nitrogens with one attached hydrogen (secondary N) is 1. The zero-order valence-electron chi connectivity index (χ0n) is 8.46. The van der Waals surface area contributed by atoms with Crippen molar-refractivity contribution in [1.29, 1.82) is 0 Å². The predicted molar refractivity (Wildman–Crippen MR) is 55.7 cm³/mol. The number of aromatic carboxylic acids is 1. The molecule has 0 radical (unpaired) electrons. The van der Waals surface area contributed by atoms with Gasteiger partial charge in [-0.15, -0.1) is 0 Å². The second-order valence-corrected chi connectivity index (χ2v) is 3.12. The van der Waals surface area contributed by atoms with Crippen LogP contribution in [-0.2, 0) is 13.1 Å². The number of aromatic nitrogens is 1. The van der Waals surface area contributed by atoms with Gasteiger partial charge in [-0.2, -0.15) is 0 Å². The van der Waals surface area contributed by atoms with Crippen LogP contribution < -0.4 is 0 Å². The van der Waals surface area contributed by atoms with Crippen molar-refractivity contribution in [1.82, 2.24) is 4.98 Å². The average molecular weight is 227 g/mol. The van der Waals surface area contributed by atoms with E-state index < -0.39 is 18.5 Å². The number of hydrogen-bond donors (Lipinski definition) is 2. The van der Waals surface area contributed by atoms with Gasteiger partial charge in [-0.05, 0) is 30.2 Å². The van der Waals surface area contributed by atoms with Gasteiger partial charge in [-0.3, -0.25) is 0 Å². The van der Waals surface area contributed by atoms with Crippen LogP contribution in [0.1, 0.15) is 21.7 Å². The Bertz CT molecular complexity index is 435. The number of carboxylic acid groups (broad SMARTS) is 1. The first-order chi connectivity index (χ1) is 7.58. The molecule has 86 valence electrons. The van der Waals surface area contributed by atoms with Gasteiger partial charge in [0.1, 0.15) is 18.2 Å². The number of halogens is 2. The van der Waals surface area contributed by atoms with E-state index in [4.69, 9.17) is 5.11 Å². The van der Waals surface area contributed by atoms with Crippen LogP contribution in [0.25, 0.3) is 0 Å². The Labute approximate surface area is 91.1 Å². The van der Waals surface area contributed by atoms with Crippen molar-refractivity contribution in [3.05, 3.63) is 47.6 Å². The minimum Gasteiger partial charge on any atom is -0.477 e. The average Bonchev–Trinajstić information content (AvgIpc) is 2.69. The van der Waals surface area contributed by atoms with E-state index in [0.717, 1.165) is 6.08 Å². The van der Waals surface area contributed by atoms with Crippen molar-refractivity contribution in [2.24, 2.45) is 0 Å². The smallest absolute Gasteiger partial charge is 0.352 e. The molecule has 0 amide bonds. The van der Waals surface area contributed by atoms with Crippen LogP contribution in [0.3, 0.4) is 0 Å². The van der Waals surface area contributed by atoms with Gasteiger partial charge in [0, 0.05) is 0 Å². The van der Waals surface area contributed by atoms with Crippen LogP contribution >= 0.6 is 0 Å². The summed E-state index contributed by atoms with van der Waals surface area (Å²) in [6.07, 6.45) is 2.36. The molecular weight excluding hydrogens is 216 g/mol. The Hall–Kier alpha value is -1.91. The fraction of sp³-hybridized carbons (Fsp3) is 0.182. The van der Waals surface area contributed by atoms with Crippen molar-refractivity contribution in [3.8, 4) is 0 Å². The largest absolute Gasteiger partial charge is 0.477 e. The van der Waals surface area contributed by atoms with Crippen molar-refractivity contribution >= 4 is 5.97 Å². The van der Waals surface area contributed by atoms with Gasteiger partial charge in [0.2, 0.25) is 0 Å². The molecule has 0 atom stereocenters. The lowest BCUT2D eigenvalue weighted by atomic mass is 10.1. The van der Waals surface area contributed by atoms with Crippen molar-refractivity contribution in [2.75, 3.05) is 0 Å². The summed E-state index contributed by atoms with van der Waals surface area (Å²) in [5.41, 5.74) is 0.484.